The summed E-state index contributed by atoms with van der Waals surface area (Å²) >= 11 is 0. The maximum absolute atomic E-state index is 14.5. The van der Waals surface area contributed by atoms with Crippen molar-refractivity contribution in [3.05, 3.63) is 47.2 Å². The van der Waals surface area contributed by atoms with Crippen LogP contribution in [0.3, 0.4) is 0 Å². The molecule has 3 aromatic rings. The van der Waals surface area contributed by atoms with Crippen molar-refractivity contribution >= 4 is 29.6 Å². The third kappa shape index (κ3) is 7.27. The molecule has 0 radical (unpaired) electrons. The second-order valence-corrected chi connectivity index (χ2v) is 11.9. The zero-order chi connectivity index (χ0) is 30.9. The van der Waals surface area contributed by atoms with Crippen LogP contribution in [0.4, 0.5) is 25.3 Å². The smallest absolute Gasteiger partial charge is 0.413 e. The van der Waals surface area contributed by atoms with E-state index in [9.17, 15) is 23.2 Å². The summed E-state index contributed by atoms with van der Waals surface area (Å²) in [5, 5.41) is 13.0. The van der Waals surface area contributed by atoms with Gasteiger partial charge in [-0.3, -0.25) is 20.2 Å². The average Bonchev–Trinajstić information content (AvgIpc) is 3.43. The lowest BCUT2D eigenvalue weighted by atomic mass is 9.86. The number of amides is 3. The van der Waals surface area contributed by atoms with Gasteiger partial charge in [0.1, 0.15) is 22.7 Å². The molecular formula is C28H36F2N6O5. The molecule has 0 bridgehead atoms. The number of carbonyl (C=O) groups excluding carboxylic acids is 3. The van der Waals surface area contributed by atoms with Crippen molar-refractivity contribution in [2.45, 2.75) is 79.4 Å². The van der Waals surface area contributed by atoms with Gasteiger partial charge in [-0.15, -0.1) is 0 Å². The van der Waals surface area contributed by atoms with Gasteiger partial charge in [0.15, 0.2) is 5.69 Å². The molecule has 0 fully saturated rings. The van der Waals surface area contributed by atoms with E-state index in [0.29, 0.717) is 11.1 Å². The molecular weight excluding hydrogens is 538 g/mol. The summed E-state index contributed by atoms with van der Waals surface area (Å²) in [7, 11) is 0. The average molecular weight is 575 g/mol. The van der Waals surface area contributed by atoms with Gasteiger partial charge in [-0.25, -0.2) is 9.48 Å². The Hall–Kier alpha value is -4.29. The Labute approximate surface area is 236 Å². The van der Waals surface area contributed by atoms with E-state index in [-0.39, 0.29) is 35.4 Å². The van der Waals surface area contributed by atoms with Crippen LogP contribution in [-0.4, -0.2) is 38.4 Å². The third-order valence-corrected chi connectivity index (χ3v) is 5.89. The lowest BCUT2D eigenvalue weighted by Gasteiger charge is -2.27. The molecule has 41 heavy (non-hydrogen) atoms. The molecule has 0 aliphatic heterocycles. The molecule has 0 aliphatic rings. The number of primary amides is 1. The molecule has 0 saturated heterocycles. The Bertz CT molecular complexity index is 1430. The Morgan fingerprint density at radius 3 is 2.17 bits per heavy atom. The molecule has 13 heteroatoms. The number of nitrogens with one attached hydrogen (secondary N) is 2. The number of anilines is 2. The maximum atomic E-state index is 14.5. The maximum Gasteiger partial charge on any atom is 0.413 e. The van der Waals surface area contributed by atoms with Gasteiger partial charge in [0, 0.05) is 23.1 Å². The fourth-order valence-corrected chi connectivity index (χ4v) is 3.78. The molecule has 1 aromatic carbocycles. The number of nitrogens with two attached hydrogens (primary N) is 1. The van der Waals surface area contributed by atoms with Crippen molar-refractivity contribution in [3.63, 3.8) is 0 Å². The van der Waals surface area contributed by atoms with Crippen LogP contribution in [0.25, 0.3) is 11.3 Å². The molecule has 0 saturated carbocycles. The number of rotatable bonds is 8. The van der Waals surface area contributed by atoms with Crippen molar-refractivity contribution in [3.8, 4) is 11.3 Å². The van der Waals surface area contributed by atoms with Gasteiger partial charge in [0.2, 0.25) is 11.8 Å². The molecule has 0 aliphatic carbocycles. The van der Waals surface area contributed by atoms with Crippen LogP contribution in [0.15, 0.2) is 34.9 Å². The van der Waals surface area contributed by atoms with Gasteiger partial charge >= 0.3 is 6.09 Å². The Kier molecular flexibility index (Phi) is 8.61. The molecule has 2 aromatic heterocycles. The Morgan fingerprint density at radius 1 is 1.05 bits per heavy atom. The first-order valence-electron chi connectivity index (χ1n) is 13.0. The second-order valence-electron chi connectivity index (χ2n) is 11.9. The fraction of sp³-hybridized carbons (Fsp3) is 0.464. The zero-order valence-corrected chi connectivity index (χ0v) is 24.4. The number of nitrogens with zero attached hydrogens (tertiary/aromatic N) is 3. The molecule has 3 amide bonds. The standard InChI is InChI=1S/C28H36F2N6O5/c1-15(2)36-24(33-25(39)40-27(6,7)8)21(23(31)38)22(34-36)17-11-9-16(10-12-17)13-19(37)32-20-14-18(35-41-20)28(29,30)26(3,4)5/h9-12,14-15H,13H2,1-8H3,(H2,31,38)(H,32,37)(H,33,39). The minimum atomic E-state index is -3.26. The van der Waals surface area contributed by atoms with Gasteiger partial charge < -0.3 is 15.0 Å². The van der Waals surface area contributed by atoms with Gasteiger partial charge in [-0.1, -0.05) is 50.2 Å². The molecule has 0 spiro atoms. The first-order chi connectivity index (χ1) is 18.8. The van der Waals surface area contributed by atoms with Crippen LogP contribution in [-0.2, 0) is 21.9 Å². The van der Waals surface area contributed by atoms with E-state index in [1.54, 1.807) is 45.0 Å². The summed E-state index contributed by atoms with van der Waals surface area (Å²) < 4.78 is 40.7. The van der Waals surface area contributed by atoms with Crippen LogP contribution in [0.1, 0.15) is 83.0 Å². The lowest BCUT2D eigenvalue weighted by Crippen LogP contribution is -2.31. The van der Waals surface area contributed by atoms with Gasteiger partial charge in [0.05, 0.1) is 6.42 Å². The monoisotopic (exact) mass is 574 g/mol. The van der Waals surface area contributed by atoms with E-state index in [2.05, 4.69) is 20.9 Å². The molecule has 0 unspecified atom stereocenters. The number of benzene rings is 1. The van der Waals surface area contributed by atoms with Crippen LogP contribution < -0.4 is 16.4 Å². The molecule has 4 N–H and O–H groups in total. The third-order valence-electron chi connectivity index (χ3n) is 5.89. The minimum Gasteiger partial charge on any atom is -0.444 e. The molecule has 2 heterocycles. The summed E-state index contributed by atoms with van der Waals surface area (Å²) in [6.07, 6.45) is -0.865. The van der Waals surface area contributed by atoms with Gasteiger partial charge in [0.25, 0.3) is 11.8 Å². The Balaban J connectivity index is 1.81. The fourth-order valence-electron chi connectivity index (χ4n) is 3.78. The lowest BCUT2D eigenvalue weighted by molar-refractivity contribution is -0.115. The number of hydrogen-bond acceptors (Lipinski definition) is 7. The molecule has 3 rings (SSSR count). The number of ether oxygens (including phenoxy) is 1. The van der Waals surface area contributed by atoms with E-state index >= 15 is 0 Å². The van der Waals surface area contributed by atoms with E-state index in [1.807, 2.05) is 13.8 Å². The highest BCUT2D eigenvalue weighted by Crippen LogP contribution is 2.44. The second kappa shape index (κ2) is 11.3. The summed E-state index contributed by atoms with van der Waals surface area (Å²) in [5.74, 6) is -4.66. The molecule has 222 valence electrons. The van der Waals surface area contributed by atoms with Crippen LogP contribution in [0, 0.1) is 5.41 Å². The van der Waals surface area contributed by atoms with Crippen molar-refractivity contribution in [1.82, 2.24) is 14.9 Å². The summed E-state index contributed by atoms with van der Waals surface area (Å²) in [6.45, 7) is 12.9. The molecule has 0 atom stereocenters. The van der Waals surface area contributed by atoms with Crippen LogP contribution in [0.2, 0.25) is 0 Å². The van der Waals surface area contributed by atoms with E-state index in [0.717, 1.165) is 6.07 Å². The van der Waals surface area contributed by atoms with Crippen molar-refractivity contribution in [2.75, 3.05) is 10.6 Å². The van der Waals surface area contributed by atoms with E-state index in [1.165, 1.54) is 25.5 Å². The summed E-state index contributed by atoms with van der Waals surface area (Å²) in [4.78, 5) is 37.5. The zero-order valence-electron chi connectivity index (χ0n) is 24.4. The summed E-state index contributed by atoms with van der Waals surface area (Å²) in [5.41, 5.74) is 4.30. The van der Waals surface area contributed by atoms with Crippen molar-refractivity contribution in [2.24, 2.45) is 11.1 Å². The van der Waals surface area contributed by atoms with Crippen LogP contribution in [0.5, 0.6) is 0 Å². The first kappa shape index (κ1) is 31.2. The highest BCUT2D eigenvalue weighted by Gasteiger charge is 2.47. The predicted molar refractivity (Wildman–Crippen MR) is 149 cm³/mol. The van der Waals surface area contributed by atoms with E-state index < -0.39 is 40.5 Å². The van der Waals surface area contributed by atoms with Crippen molar-refractivity contribution < 1.29 is 32.4 Å². The van der Waals surface area contributed by atoms with Crippen LogP contribution >= 0.6 is 0 Å². The number of alkyl halides is 2. The normalized spacial score (nSPS) is 12.4. The van der Waals surface area contributed by atoms with Gasteiger partial charge in [-0.2, -0.15) is 13.9 Å². The largest absolute Gasteiger partial charge is 0.444 e. The highest BCUT2D eigenvalue weighted by molar-refractivity contribution is 6.06. The first-order valence-corrected chi connectivity index (χ1v) is 13.0. The Morgan fingerprint density at radius 2 is 1.66 bits per heavy atom. The van der Waals surface area contributed by atoms with Crippen molar-refractivity contribution in [1.29, 1.82) is 0 Å². The quantitative estimate of drug-likeness (QED) is 0.303. The minimum absolute atomic E-state index is 0.00299. The number of hydrogen-bond donors (Lipinski definition) is 3. The van der Waals surface area contributed by atoms with E-state index in [4.69, 9.17) is 15.0 Å². The number of carbonyl (C=O) groups is 3. The topological polar surface area (TPSA) is 154 Å². The summed E-state index contributed by atoms with van der Waals surface area (Å²) in [6, 6.07) is 7.36. The number of aromatic nitrogens is 3. The SMILES string of the molecule is CC(C)n1nc(-c2ccc(CC(=O)Nc3cc(C(F)(F)C(C)(C)C)no3)cc2)c(C(N)=O)c1NC(=O)OC(C)(C)C. The number of halogens is 2. The predicted octanol–water partition coefficient (Wildman–Crippen LogP) is 5.88. The van der Waals surface area contributed by atoms with Gasteiger partial charge in [-0.05, 0) is 40.2 Å². The molecule has 11 nitrogen and oxygen atoms in total. The highest BCUT2D eigenvalue weighted by atomic mass is 19.3.